The van der Waals surface area contributed by atoms with Crippen LogP contribution in [0, 0.1) is 0 Å². The van der Waals surface area contributed by atoms with Gasteiger partial charge in [-0.05, 0) is 20.8 Å². The summed E-state index contributed by atoms with van der Waals surface area (Å²) in [5.74, 6) is -0.855. The minimum absolute atomic E-state index is 0.161. The number of thioether (sulfide) groups is 1. The molecular formula is C13H17Br2NO6S. The van der Waals surface area contributed by atoms with Crippen molar-refractivity contribution in [2.75, 3.05) is 6.61 Å². The Morgan fingerprint density at radius 3 is 2.52 bits per heavy atom. The van der Waals surface area contributed by atoms with Crippen molar-refractivity contribution >= 4 is 61.7 Å². The van der Waals surface area contributed by atoms with Crippen LogP contribution in [-0.2, 0) is 23.8 Å². The van der Waals surface area contributed by atoms with Crippen LogP contribution < -0.4 is 0 Å². The lowest BCUT2D eigenvalue weighted by Gasteiger charge is -2.46. The minimum Gasteiger partial charge on any atom is -0.435 e. The van der Waals surface area contributed by atoms with E-state index in [4.69, 9.17) is 9.47 Å². The molecule has 0 N–H and O–H groups in total. The van der Waals surface area contributed by atoms with Crippen LogP contribution in [0.5, 0.6) is 0 Å². The molecule has 0 aromatic rings. The predicted octanol–water partition coefficient (Wildman–Crippen LogP) is 2.60. The maximum absolute atomic E-state index is 12.5. The van der Waals surface area contributed by atoms with E-state index in [0.717, 1.165) is 0 Å². The molecule has 7 nitrogen and oxygen atoms in total. The van der Waals surface area contributed by atoms with Crippen molar-refractivity contribution in [3.63, 3.8) is 0 Å². The van der Waals surface area contributed by atoms with E-state index in [1.165, 1.54) is 23.6 Å². The molecule has 0 aliphatic carbocycles. The number of carbonyl (C=O) groups excluding carboxylic acids is 3. The van der Waals surface area contributed by atoms with E-state index in [-0.39, 0.29) is 17.9 Å². The molecule has 0 aromatic heterocycles. The molecule has 2 rings (SSSR count). The van der Waals surface area contributed by atoms with E-state index in [2.05, 4.69) is 36.6 Å². The maximum Gasteiger partial charge on any atom is 0.511 e. The van der Waals surface area contributed by atoms with Gasteiger partial charge < -0.3 is 19.1 Å². The summed E-state index contributed by atoms with van der Waals surface area (Å²) in [6, 6.07) is -0.763. The summed E-state index contributed by atoms with van der Waals surface area (Å²) in [5.41, 5.74) is 0. The van der Waals surface area contributed by atoms with Crippen molar-refractivity contribution in [1.82, 2.24) is 4.90 Å². The molecule has 0 unspecified atom stereocenters. The first kappa shape index (κ1) is 18.9. The monoisotopic (exact) mass is 473 g/mol. The van der Waals surface area contributed by atoms with Gasteiger partial charge in [-0.25, -0.2) is 9.59 Å². The van der Waals surface area contributed by atoms with Crippen molar-refractivity contribution < 1.29 is 28.6 Å². The molecule has 0 radical (unpaired) electrons. The average Bonchev–Trinajstić information content (AvgIpc) is 2.68. The van der Waals surface area contributed by atoms with Gasteiger partial charge in [0.05, 0.1) is 6.61 Å². The number of hydrogen-bond donors (Lipinski definition) is 0. The number of amides is 1. The van der Waals surface area contributed by atoms with Gasteiger partial charge in [0, 0.05) is 11.7 Å². The number of nitrogens with zero attached hydrogens (tertiary/aromatic N) is 1. The molecule has 2 aliphatic rings. The van der Waals surface area contributed by atoms with E-state index >= 15 is 0 Å². The smallest absolute Gasteiger partial charge is 0.435 e. The lowest BCUT2D eigenvalue weighted by atomic mass is 9.98. The first-order valence-electron chi connectivity index (χ1n) is 6.94. The van der Waals surface area contributed by atoms with E-state index in [9.17, 15) is 14.4 Å². The normalized spacial score (nSPS) is 28.4. The van der Waals surface area contributed by atoms with Gasteiger partial charge in [-0.2, -0.15) is 0 Å². The summed E-state index contributed by atoms with van der Waals surface area (Å²) in [6.45, 7) is 6.94. The molecule has 2 heterocycles. The van der Waals surface area contributed by atoms with E-state index in [1.54, 1.807) is 6.92 Å². The molecule has 1 amide bonds. The number of carbonyl (C=O) groups is 3. The number of halogens is 2. The summed E-state index contributed by atoms with van der Waals surface area (Å²) in [7, 11) is 0. The van der Waals surface area contributed by atoms with Gasteiger partial charge in [-0.15, -0.1) is 11.8 Å². The molecule has 0 spiro atoms. The maximum atomic E-state index is 12.5. The SMILES string of the molecule is CCOC(=O)O[C@@H](C)OC(=O)[C@@H]1N2C(=O)C(Br)(Br)[C@H]2SC1(C)C. The second kappa shape index (κ2) is 6.44. The zero-order chi connectivity index (χ0) is 17.6. The third kappa shape index (κ3) is 3.34. The van der Waals surface area contributed by atoms with Crippen LogP contribution in [0.2, 0.25) is 0 Å². The lowest BCUT2D eigenvalue weighted by molar-refractivity contribution is -0.179. The minimum atomic E-state index is -1.10. The zero-order valence-electron chi connectivity index (χ0n) is 13.0. The number of fused-ring (bicyclic) bond motifs is 1. The molecule has 2 fully saturated rings. The van der Waals surface area contributed by atoms with E-state index in [1.807, 2.05) is 13.8 Å². The summed E-state index contributed by atoms with van der Waals surface area (Å²) >= 11 is 8.16. The van der Waals surface area contributed by atoms with Crippen LogP contribution in [0.15, 0.2) is 0 Å². The Labute approximate surface area is 155 Å². The van der Waals surface area contributed by atoms with E-state index < -0.39 is 32.4 Å². The molecule has 0 aromatic carbocycles. The highest BCUT2D eigenvalue weighted by molar-refractivity contribution is 9.26. The third-order valence-corrected chi connectivity index (χ3v) is 7.25. The summed E-state index contributed by atoms with van der Waals surface area (Å²) < 4.78 is 13.2. The highest BCUT2D eigenvalue weighted by Gasteiger charge is 2.70. The van der Waals surface area contributed by atoms with Crippen LogP contribution in [0.3, 0.4) is 0 Å². The van der Waals surface area contributed by atoms with Gasteiger partial charge >= 0.3 is 12.1 Å². The van der Waals surface area contributed by atoms with Gasteiger partial charge in [0.25, 0.3) is 5.91 Å². The number of alkyl halides is 2. The van der Waals surface area contributed by atoms with Crippen molar-refractivity contribution in [3.8, 4) is 0 Å². The Bertz CT molecular complexity index is 541. The summed E-state index contributed by atoms with van der Waals surface area (Å²) in [4.78, 5) is 37.4. The quantitative estimate of drug-likeness (QED) is 0.268. The number of β-lactam (4-membered cyclic amide) rings is 1. The van der Waals surface area contributed by atoms with Crippen LogP contribution in [0.4, 0.5) is 4.79 Å². The Balaban J connectivity index is 2.04. The second-order valence-corrected chi connectivity index (χ2v) is 10.9. The average molecular weight is 475 g/mol. The van der Waals surface area contributed by atoms with Crippen LogP contribution >= 0.6 is 43.6 Å². The molecule has 0 saturated carbocycles. The summed E-state index contributed by atoms with van der Waals surface area (Å²) in [6.07, 6.45) is -2.01. The molecule has 10 heteroatoms. The molecule has 2 aliphatic heterocycles. The Hall–Kier alpha value is -0.480. The highest BCUT2D eigenvalue weighted by atomic mass is 79.9. The van der Waals surface area contributed by atoms with Crippen molar-refractivity contribution in [1.29, 1.82) is 0 Å². The Morgan fingerprint density at radius 1 is 1.35 bits per heavy atom. The molecule has 130 valence electrons. The van der Waals surface area contributed by atoms with Gasteiger partial charge in [-0.1, -0.05) is 31.9 Å². The molecule has 3 atom stereocenters. The molecule has 2 saturated heterocycles. The second-order valence-electron chi connectivity index (χ2n) is 5.62. The number of ether oxygens (including phenoxy) is 3. The van der Waals surface area contributed by atoms with Crippen molar-refractivity contribution in [3.05, 3.63) is 0 Å². The van der Waals surface area contributed by atoms with Gasteiger partial charge in [0.15, 0.2) is 3.23 Å². The Kier molecular flexibility index (Phi) is 5.28. The largest absolute Gasteiger partial charge is 0.511 e. The topological polar surface area (TPSA) is 82.1 Å². The van der Waals surface area contributed by atoms with Crippen LogP contribution in [-0.4, -0.2) is 55.2 Å². The summed E-state index contributed by atoms with van der Waals surface area (Å²) in [5, 5.41) is -0.219. The van der Waals surface area contributed by atoms with Gasteiger partial charge in [-0.3, -0.25) is 4.79 Å². The van der Waals surface area contributed by atoms with Crippen LogP contribution in [0.1, 0.15) is 27.7 Å². The standard InChI is InChI=1S/C13H17Br2NO6S/c1-5-20-11(19)22-6(2)21-8(17)7-12(3,4)23-10-13(14,15)9(18)16(7)10/h6-7,10H,5H2,1-4H3/t6-,7-,10+/m0/s1. The first-order valence-corrected chi connectivity index (χ1v) is 9.41. The number of rotatable bonds is 4. The fourth-order valence-corrected chi connectivity index (χ4v) is 5.41. The fraction of sp³-hybridized carbons (Fsp3) is 0.769. The number of hydrogen-bond acceptors (Lipinski definition) is 7. The molecule has 0 bridgehead atoms. The zero-order valence-corrected chi connectivity index (χ0v) is 17.0. The first-order chi connectivity index (χ1) is 10.5. The predicted molar refractivity (Wildman–Crippen MR) is 90.3 cm³/mol. The van der Waals surface area contributed by atoms with Gasteiger partial charge in [0.1, 0.15) is 11.4 Å². The van der Waals surface area contributed by atoms with E-state index in [0.29, 0.717) is 0 Å². The van der Waals surface area contributed by atoms with Crippen molar-refractivity contribution in [2.24, 2.45) is 0 Å². The lowest BCUT2D eigenvalue weighted by Crippen LogP contribution is -2.68. The molecule has 23 heavy (non-hydrogen) atoms. The fourth-order valence-electron chi connectivity index (χ4n) is 2.50. The number of esters is 1. The third-order valence-electron chi connectivity index (χ3n) is 3.46. The van der Waals surface area contributed by atoms with Crippen LogP contribution in [0.25, 0.3) is 0 Å². The Morgan fingerprint density at radius 2 is 1.96 bits per heavy atom. The highest BCUT2D eigenvalue weighted by Crippen LogP contribution is 2.60. The van der Waals surface area contributed by atoms with Gasteiger partial charge in [0.2, 0.25) is 6.29 Å². The molecular weight excluding hydrogens is 458 g/mol. The van der Waals surface area contributed by atoms with Crippen molar-refractivity contribution in [2.45, 2.75) is 53.4 Å².